The van der Waals surface area contributed by atoms with Crippen molar-refractivity contribution >= 4 is 37.7 Å². The fourth-order valence-electron chi connectivity index (χ4n) is 1.34. The van der Waals surface area contributed by atoms with Gasteiger partial charge in [-0.15, -0.1) is 0 Å². The molecule has 1 rings (SSSR count). The van der Waals surface area contributed by atoms with Crippen LogP contribution in [-0.2, 0) is 0 Å². The molecule has 0 radical (unpaired) electrons. The second-order valence-electron chi connectivity index (χ2n) is 3.68. The lowest BCUT2D eigenvalue weighted by atomic mass is 10.2. The molecule has 3 nitrogen and oxygen atoms in total. The Morgan fingerprint density at radius 2 is 2.13 bits per heavy atom. The molecule has 1 N–H and O–H groups in total. The van der Waals surface area contributed by atoms with Gasteiger partial charge in [-0.05, 0) is 36.2 Å². The molecule has 5 heteroatoms. The van der Waals surface area contributed by atoms with Crippen LogP contribution in [0.5, 0.6) is 0 Å². The van der Waals surface area contributed by atoms with E-state index in [0.29, 0.717) is 10.9 Å². The zero-order chi connectivity index (χ0) is 11.4. The highest BCUT2D eigenvalue weighted by Crippen LogP contribution is 2.20. The minimum atomic E-state index is 0.380. The molecular formula is C10H15Br2N3. The number of alkyl halides is 1. The maximum absolute atomic E-state index is 4.34. The van der Waals surface area contributed by atoms with E-state index in [4.69, 9.17) is 0 Å². The summed E-state index contributed by atoms with van der Waals surface area (Å²) in [5.41, 5.74) is 0. The van der Waals surface area contributed by atoms with Crippen LogP contribution in [0.2, 0.25) is 0 Å². The maximum atomic E-state index is 4.34. The summed E-state index contributed by atoms with van der Waals surface area (Å²) >= 11 is 6.96. The third kappa shape index (κ3) is 4.47. The minimum absolute atomic E-state index is 0.380. The Kier molecular flexibility index (Phi) is 4.99. The van der Waals surface area contributed by atoms with E-state index in [9.17, 15) is 0 Å². The van der Waals surface area contributed by atoms with Gasteiger partial charge in [-0.3, -0.25) is 0 Å². The van der Waals surface area contributed by atoms with E-state index in [1.165, 1.54) is 0 Å². The zero-order valence-corrected chi connectivity index (χ0v) is 12.3. The van der Waals surface area contributed by atoms with Gasteiger partial charge < -0.3 is 5.32 Å². The first kappa shape index (κ1) is 12.9. The van der Waals surface area contributed by atoms with Crippen LogP contribution in [0.1, 0.15) is 26.1 Å². The van der Waals surface area contributed by atoms with Crippen LogP contribution in [0.4, 0.5) is 5.82 Å². The van der Waals surface area contributed by atoms with Crippen molar-refractivity contribution in [3.8, 4) is 0 Å². The molecule has 0 spiro atoms. The summed E-state index contributed by atoms with van der Waals surface area (Å²) in [4.78, 5) is 8.94. The molecular weight excluding hydrogens is 322 g/mol. The summed E-state index contributed by atoms with van der Waals surface area (Å²) in [7, 11) is 0. The van der Waals surface area contributed by atoms with Gasteiger partial charge >= 0.3 is 0 Å². The van der Waals surface area contributed by atoms with Crippen molar-refractivity contribution in [3.63, 3.8) is 0 Å². The van der Waals surface area contributed by atoms with Crippen LogP contribution >= 0.6 is 31.9 Å². The Morgan fingerprint density at radius 1 is 1.47 bits per heavy atom. The van der Waals surface area contributed by atoms with E-state index < -0.39 is 0 Å². The number of hydrogen-bond acceptors (Lipinski definition) is 3. The molecule has 2 atom stereocenters. The van der Waals surface area contributed by atoms with Crippen molar-refractivity contribution in [2.24, 2.45) is 0 Å². The third-order valence-electron chi connectivity index (χ3n) is 1.93. The number of nitrogens with one attached hydrogen (secondary N) is 1. The first-order valence-corrected chi connectivity index (χ1v) is 6.59. The van der Waals surface area contributed by atoms with Gasteiger partial charge in [0.05, 0.1) is 4.47 Å². The predicted molar refractivity (Wildman–Crippen MR) is 70.6 cm³/mol. The lowest BCUT2D eigenvalue weighted by Gasteiger charge is -2.16. The van der Waals surface area contributed by atoms with Crippen LogP contribution < -0.4 is 5.32 Å². The summed E-state index contributed by atoms with van der Waals surface area (Å²) in [6, 6.07) is 0.380. The molecule has 1 heterocycles. The molecule has 1 aromatic heterocycles. The van der Waals surface area contributed by atoms with Crippen LogP contribution in [0.25, 0.3) is 0 Å². The topological polar surface area (TPSA) is 37.8 Å². The van der Waals surface area contributed by atoms with Crippen LogP contribution in [0.15, 0.2) is 10.7 Å². The smallest absolute Gasteiger partial charge is 0.144 e. The highest BCUT2D eigenvalue weighted by atomic mass is 79.9. The van der Waals surface area contributed by atoms with Gasteiger partial charge in [-0.1, -0.05) is 22.9 Å². The van der Waals surface area contributed by atoms with Crippen molar-refractivity contribution < 1.29 is 0 Å². The number of halogens is 2. The van der Waals surface area contributed by atoms with Crippen molar-refractivity contribution in [2.75, 3.05) is 5.32 Å². The van der Waals surface area contributed by atoms with E-state index in [0.717, 1.165) is 22.5 Å². The molecule has 0 saturated heterocycles. The molecule has 0 bridgehead atoms. The lowest BCUT2D eigenvalue weighted by molar-refractivity contribution is 0.703. The zero-order valence-electron chi connectivity index (χ0n) is 9.09. The standard InChI is InChI=1S/C10H15Br2N3/c1-6(11)4-7(2)14-10-9(12)5-13-8(3)15-10/h5-7H,4H2,1-3H3,(H,13,14,15). The molecule has 2 unspecified atom stereocenters. The molecule has 0 aliphatic carbocycles. The second kappa shape index (κ2) is 5.80. The second-order valence-corrected chi connectivity index (χ2v) is 6.09. The predicted octanol–water partition coefficient (Wildman–Crippen LogP) is 3.52. The number of anilines is 1. The third-order valence-corrected chi connectivity index (χ3v) is 2.88. The van der Waals surface area contributed by atoms with Crippen molar-refractivity contribution in [2.45, 2.75) is 38.1 Å². The summed E-state index contributed by atoms with van der Waals surface area (Å²) < 4.78 is 0.905. The summed E-state index contributed by atoms with van der Waals surface area (Å²) in [6.45, 7) is 6.16. The molecule has 0 aliphatic rings. The molecule has 15 heavy (non-hydrogen) atoms. The first-order valence-electron chi connectivity index (χ1n) is 4.88. The first-order chi connectivity index (χ1) is 6.99. The van der Waals surface area contributed by atoms with Crippen molar-refractivity contribution in [3.05, 3.63) is 16.5 Å². The number of nitrogens with zero attached hydrogens (tertiary/aromatic N) is 2. The Labute approximate surface area is 107 Å². The molecule has 1 aromatic rings. The number of aromatic nitrogens is 2. The van der Waals surface area contributed by atoms with Crippen molar-refractivity contribution in [1.82, 2.24) is 9.97 Å². The van der Waals surface area contributed by atoms with Crippen LogP contribution in [0.3, 0.4) is 0 Å². The molecule has 0 aliphatic heterocycles. The largest absolute Gasteiger partial charge is 0.367 e. The number of rotatable bonds is 4. The highest BCUT2D eigenvalue weighted by molar-refractivity contribution is 9.10. The monoisotopic (exact) mass is 335 g/mol. The Bertz CT molecular complexity index is 328. The van der Waals surface area contributed by atoms with E-state index in [1.54, 1.807) is 6.20 Å². The number of aryl methyl sites for hydroxylation is 1. The Morgan fingerprint density at radius 3 is 2.73 bits per heavy atom. The molecule has 0 aromatic carbocycles. The van der Waals surface area contributed by atoms with E-state index in [-0.39, 0.29) is 0 Å². The van der Waals surface area contributed by atoms with Crippen LogP contribution in [0, 0.1) is 6.92 Å². The van der Waals surface area contributed by atoms with Crippen molar-refractivity contribution in [1.29, 1.82) is 0 Å². The van der Waals surface area contributed by atoms with E-state index in [2.05, 4.69) is 61.0 Å². The molecule has 0 amide bonds. The Balaban J connectivity index is 2.67. The molecule has 0 saturated carbocycles. The lowest BCUT2D eigenvalue weighted by Crippen LogP contribution is -2.19. The summed E-state index contributed by atoms with van der Waals surface area (Å²) in [5, 5.41) is 3.35. The highest BCUT2D eigenvalue weighted by Gasteiger charge is 2.09. The fraction of sp³-hybridized carbons (Fsp3) is 0.600. The number of hydrogen-bond donors (Lipinski definition) is 1. The van der Waals surface area contributed by atoms with E-state index >= 15 is 0 Å². The van der Waals surface area contributed by atoms with Crippen LogP contribution in [-0.4, -0.2) is 20.8 Å². The van der Waals surface area contributed by atoms with E-state index in [1.807, 2.05) is 6.92 Å². The summed E-state index contributed by atoms with van der Waals surface area (Å²) in [5.74, 6) is 1.64. The summed E-state index contributed by atoms with van der Waals surface area (Å²) in [6.07, 6.45) is 2.82. The minimum Gasteiger partial charge on any atom is -0.367 e. The maximum Gasteiger partial charge on any atom is 0.144 e. The fourth-order valence-corrected chi connectivity index (χ4v) is 2.20. The van der Waals surface area contributed by atoms with Gasteiger partial charge in [0.25, 0.3) is 0 Å². The average molecular weight is 337 g/mol. The quantitative estimate of drug-likeness (QED) is 0.855. The van der Waals surface area contributed by atoms with Gasteiger partial charge in [0.15, 0.2) is 0 Å². The van der Waals surface area contributed by atoms with Gasteiger partial charge in [0.2, 0.25) is 0 Å². The van der Waals surface area contributed by atoms with Gasteiger partial charge in [-0.25, -0.2) is 9.97 Å². The van der Waals surface area contributed by atoms with Gasteiger partial charge in [0.1, 0.15) is 11.6 Å². The van der Waals surface area contributed by atoms with Gasteiger partial charge in [0, 0.05) is 17.1 Å². The normalized spacial score (nSPS) is 14.7. The average Bonchev–Trinajstić information content (AvgIpc) is 2.10. The van der Waals surface area contributed by atoms with Gasteiger partial charge in [-0.2, -0.15) is 0 Å². The molecule has 84 valence electrons. The molecule has 0 fully saturated rings. The Hall–Kier alpha value is -0.160. The SMILES string of the molecule is Cc1ncc(Br)c(NC(C)CC(C)Br)n1.